The van der Waals surface area contributed by atoms with Crippen LogP contribution in [0.1, 0.15) is 40.8 Å². The number of nitrogens with zero attached hydrogens (tertiary/aromatic N) is 1. The molecule has 1 aliphatic rings. The largest absolute Gasteiger partial charge is 0.467 e. The molecule has 2 unspecified atom stereocenters. The van der Waals surface area contributed by atoms with Crippen molar-refractivity contribution in [2.45, 2.75) is 31.3 Å². The number of oxazole rings is 1. The Morgan fingerprint density at radius 3 is 2.85 bits per heavy atom. The Morgan fingerprint density at radius 2 is 2.19 bits per heavy atom. The summed E-state index contributed by atoms with van der Waals surface area (Å²) >= 11 is 5.87. The number of rotatable bonds is 6. The van der Waals surface area contributed by atoms with Crippen molar-refractivity contribution in [2.24, 2.45) is 0 Å². The lowest BCUT2D eigenvalue weighted by molar-refractivity contribution is -0.142. The maximum Gasteiger partial charge on any atom is 0.328 e. The number of hydrogen-bond donors (Lipinski definition) is 2. The molecule has 2 atom stereocenters. The van der Waals surface area contributed by atoms with Gasteiger partial charge in [0.2, 0.25) is 5.89 Å². The summed E-state index contributed by atoms with van der Waals surface area (Å²) in [5.74, 6) is -0.531. The molecule has 2 heterocycles. The van der Waals surface area contributed by atoms with Crippen LogP contribution >= 0.6 is 11.6 Å². The quantitative estimate of drug-likeness (QED) is 0.750. The van der Waals surface area contributed by atoms with E-state index in [1.807, 2.05) is 0 Å². The molecule has 26 heavy (non-hydrogen) atoms. The zero-order valence-electron chi connectivity index (χ0n) is 14.3. The van der Waals surface area contributed by atoms with E-state index >= 15 is 0 Å². The lowest BCUT2D eigenvalue weighted by Gasteiger charge is -2.16. The van der Waals surface area contributed by atoms with Gasteiger partial charge < -0.3 is 19.8 Å². The second-order valence-electron chi connectivity index (χ2n) is 6.10. The minimum absolute atomic E-state index is 0.0296. The molecule has 1 aromatic heterocycles. The first-order chi connectivity index (χ1) is 12.6. The normalized spacial score (nSPS) is 17.7. The fourth-order valence-corrected chi connectivity index (χ4v) is 3.00. The fraction of sp³-hybridized carbons (Fsp3) is 0.389. The van der Waals surface area contributed by atoms with Crippen molar-refractivity contribution in [3.05, 3.63) is 52.7 Å². The third-order valence-corrected chi connectivity index (χ3v) is 4.51. The molecule has 1 aliphatic heterocycles. The topological polar surface area (TPSA) is 93.5 Å². The number of halogens is 1. The number of carbonyl (C=O) groups excluding carboxylic acids is 2. The van der Waals surface area contributed by atoms with E-state index in [4.69, 9.17) is 20.8 Å². The first-order valence-corrected chi connectivity index (χ1v) is 8.76. The average molecular weight is 378 g/mol. The van der Waals surface area contributed by atoms with Gasteiger partial charge in [0.1, 0.15) is 12.3 Å². The summed E-state index contributed by atoms with van der Waals surface area (Å²) in [6, 6.07) is 6.24. The van der Waals surface area contributed by atoms with E-state index in [1.165, 1.54) is 13.4 Å². The maximum atomic E-state index is 12.5. The van der Waals surface area contributed by atoms with Gasteiger partial charge in [-0.05, 0) is 37.1 Å². The third-order valence-electron chi connectivity index (χ3n) is 4.26. The predicted molar refractivity (Wildman–Crippen MR) is 94.9 cm³/mol. The summed E-state index contributed by atoms with van der Waals surface area (Å²) in [6.07, 6.45) is 3.55. The Hall–Kier alpha value is -2.38. The van der Waals surface area contributed by atoms with Crippen LogP contribution in [0.4, 0.5) is 0 Å². The van der Waals surface area contributed by atoms with Crippen LogP contribution in [-0.2, 0) is 16.0 Å². The molecule has 0 bridgehead atoms. The van der Waals surface area contributed by atoms with Crippen LogP contribution in [0.15, 0.2) is 34.9 Å². The molecule has 1 aromatic carbocycles. The molecule has 1 saturated heterocycles. The first kappa shape index (κ1) is 18.4. The number of amides is 1. The monoisotopic (exact) mass is 377 g/mol. The highest BCUT2D eigenvalue weighted by molar-refractivity contribution is 6.30. The smallest absolute Gasteiger partial charge is 0.328 e. The van der Waals surface area contributed by atoms with E-state index in [-0.39, 0.29) is 18.2 Å². The number of carbonyl (C=O) groups is 2. The first-order valence-electron chi connectivity index (χ1n) is 8.38. The third kappa shape index (κ3) is 4.42. The predicted octanol–water partition coefficient (Wildman–Crippen LogP) is 2.27. The SMILES string of the molecule is COC(=O)C(Cc1ccc(Cl)cc1)NC(=O)c1coc(C2CCCN2)n1. The fourth-order valence-electron chi connectivity index (χ4n) is 2.87. The highest BCUT2D eigenvalue weighted by Gasteiger charge is 2.26. The second-order valence-corrected chi connectivity index (χ2v) is 6.54. The molecule has 0 aliphatic carbocycles. The van der Waals surface area contributed by atoms with Gasteiger partial charge in [-0.2, -0.15) is 0 Å². The zero-order chi connectivity index (χ0) is 18.5. The van der Waals surface area contributed by atoms with Crippen LogP contribution < -0.4 is 10.6 Å². The number of esters is 1. The van der Waals surface area contributed by atoms with Gasteiger partial charge in [0, 0.05) is 11.4 Å². The van der Waals surface area contributed by atoms with Crippen LogP contribution in [0.5, 0.6) is 0 Å². The second kappa shape index (κ2) is 8.33. The molecule has 8 heteroatoms. The molecule has 0 spiro atoms. The van der Waals surface area contributed by atoms with Crippen LogP contribution in [0.2, 0.25) is 5.02 Å². The Labute approximate surface area is 156 Å². The summed E-state index contributed by atoms with van der Waals surface area (Å²) in [6.45, 7) is 0.903. The van der Waals surface area contributed by atoms with Gasteiger partial charge in [-0.1, -0.05) is 23.7 Å². The number of aromatic nitrogens is 1. The van der Waals surface area contributed by atoms with E-state index in [1.54, 1.807) is 24.3 Å². The van der Waals surface area contributed by atoms with Gasteiger partial charge in [0.15, 0.2) is 5.69 Å². The standard InChI is InChI=1S/C18H20ClN3O4/c1-25-18(24)14(9-11-4-6-12(19)7-5-11)21-16(23)15-10-26-17(22-15)13-3-2-8-20-13/h4-7,10,13-14,20H,2-3,8-9H2,1H3,(H,21,23). The molecular formula is C18H20ClN3O4. The van der Waals surface area contributed by atoms with Crippen LogP contribution in [0.25, 0.3) is 0 Å². The lowest BCUT2D eigenvalue weighted by Crippen LogP contribution is -2.43. The van der Waals surface area contributed by atoms with Crippen molar-refractivity contribution < 1.29 is 18.7 Å². The van der Waals surface area contributed by atoms with E-state index < -0.39 is 17.9 Å². The Bertz CT molecular complexity index is 769. The lowest BCUT2D eigenvalue weighted by atomic mass is 10.1. The number of methoxy groups -OCH3 is 1. The zero-order valence-corrected chi connectivity index (χ0v) is 15.1. The van der Waals surface area contributed by atoms with Gasteiger partial charge in [-0.25, -0.2) is 9.78 Å². The van der Waals surface area contributed by atoms with Crippen molar-refractivity contribution in [3.8, 4) is 0 Å². The molecule has 7 nitrogen and oxygen atoms in total. The van der Waals surface area contributed by atoms with Crippen LogP contribution in [0.3, 0.4) is 0 Å². The molecular weight excluding hydrogens is 358 g/mol. The van der Waals surface area contributed by atoms with Crippen molar-refractivity contribution in [1.29, 1.82) is 0 Å². The van der Waals surface area contributed by atoms with E-state index in [0.29, 0.717) is 10.9 Å². The number of nitrogens with one attached hydrogen (secondary N) is 2. The molecule has 3 rings (SSSR count). The van der Waals surface area contributed by atoms with Crippen LogP contribution in [0, 0.1) is 0 Å². The van der Waals surface area contributed by atoms with Crippen molar-refractivity contribution in [2.75, 3.05) is 13.7 Å². The average Bonchev–Trinajstić information content (AvgIpc) is 3.33. The van der Waals surface area contributed by atoms with E-state index in [2.05, 4.69) is 15.6 Å². The minimum Gasteiger partial charge on any atom is -0.467 e. The van der Waals surface area contributed by atoms with E-state index in [9.17, 15) is 9.59 Å². The molecule has 138 valence electrons. The molecule has 2 N–H and O–H groups in total. The van der Waals surface area contributed by atoms with Gasteiger partial charge >= 0.3 is 5.97 Å². The molecule has 0 radical (unpaired) electrons. The van der Waals surface area contributed by atoms with Gasteiger partial charge in [-0.15, -0.1) is 0 Å². The van der Waals surface area contributed by atoms with Crippen molar-refractivity contribution >= 4 is 23.5 Å². The van der Waals surface area contributed by atoms with Gasteiger partial charge in [0.25, 0.3) is 5.91 Å². The molecule has 2 aromatic rings. The Morgan fingerprint density at radius 1 is 1.42 bits per heavy atom. The molecule has 1 amide bonds. The highest BCUT2D eigenvalue weighted by atomic mass is 35.5. The summed E-state index contributed by atoms with van der Waals surface area (Å²) in [7, 11) is 1.28. The minimum atomic E-state index is -0.835. The van der Waals surface area contributed by atoms with Crippen molar-refractivity contribution in [3.63, 3.8) is 0 Å². The maximum absolute atomic E-state index is 12.5. The van der Waals surface area contributed by atoms with Crippen molar-refractivity contribution in [1.82, 2.24) is 15.6 Å². The van der Waals surface area contributed by atoms with E-state index in [0.717, 1.165) is 24.9 Å². The number of hydrogen-bond acceptors (Lipinski definition) is 6. The summed E-state index contributed by atoms with van der Waals surface area (Å²) in [4.78, 5) is 28.8. The summed E-state index contributed by atoms with van der Waals surface area (Å²) < 4.78 is 10.2. The Kier molecular flexibility index (Phi) is 5.90. The Balaban J connectivity index is 1.68. The highest BCUT2D eigenvalue weighted by Crippen LogP contribution is 2.22. The molecule has 0 saturated carbocycles. The molecule has 1 fully saturated rings. The number of ether oxygens (including phenoxy) is 1. The number of benzene rings is 1. The van der Waals surface area contributed by atoms with Gasteiger partial charge in [-0.3, -0.25) is 4.79 Å². The summed E-state index contributed by atoms with van der Waals surface area (Å²) in [5, 5.41) is 6.52. The van der Waals surface area contributed by atoms with Gasteiger partial charge in [0.05, 0.1) is 13.2 Å². The summed E-state index contributed by atoms with van der Waals surface area (Å²) in [5.41, 5.74) is 0.986. The van der Waals surface area contributed by atoms with Crippen LogP contribution in [-0.4, -0.2) is 36.6 Å².